The number of methoxy groups -OCH3 is 1. The Bertz CT molecular complexity index is 252. The molecule has 15 heavy (non-hydrogen) atoms. The van der Waals surface area contributed by atoms with Crippen molar-refractivity contribution in [3.8, 4) is 0 Å². The molecule has 86 valence electrons. The molecule has 0 aromatic rings. The van der Waals surface area contributed by atoms with E-state index in [1.807, 2.05) is 0 Å². The minimum atomic E-state index is -0.415. The molecule has 0 aromatic heterocycles. The van der Waals surface area contributed by atoms with Gasteiger partial charge in [0.2, 0.25) is 0 Å². The molecule has 0 amide bonds. The predicted molar refractivity (Wildman–Crippen MR) is 63.6 cm³/mol. The van der Waals surface area contributed by atoms with Crippen LogP contribution in [0.3, 0.4) is 0 Å². The van der Waals surface area contributed by atoms with Gasteiger partial charge in [-0.05, 0) is 6.92 Å². The number of alkyl halides is 1. The molecule has 0 spiro atoms. The van der Waals surface area contributed by atoms with E-state index < -0.39 is 5.97 Å². The van der Waals surface area contributed by atoms with Crippen LogP contribution in [0.15, 0.2) is 11.8 Å². The molecule has 0 aliphatic rings. The third-order valence-corrected chi connectivity index (χ3v) is 1.84. The maximum absolute atomic E-state index is 11.1. The molecule has 0 aliphatic carbocycles. The van der Waals surface area contributed by atoms with Crippen molar-refractivity contribution in [2.75, 3.05) is 24.7 Å². The van der Waals surface area contributed by atoms with Crippen molar-refractivity contribution in [2.45, 2.75) is 6.92 Å². The Hall–Kier alpha value is -0.790. The van der Waals surface area contributed by atoms with E-state index in [-0.39, 0.29) is 12.5 Å². The fourth-order valence-corrected chi connectivity index (χ4v) is 0.913. The Morgan fingerprint density at radius 1 is 1.47 bits per heavy atom. The summed E-state index contributed by atoms with van der Waals surface area (Å²) in [6.45, 7) is 2.10. The Morgan fingerprint density at radius 3 is 2.67 bits per heavy atom. The van der Waals surface area contributed by atoms with Gasteiger partial charge in [0.05, 0.1) is 7.11 Å². The fraction of sp³-hybridized carbons (Fsp3) is 0.556. The van der Waals surface area contributed by atoms with E-state index in [0.717, 1.165) is 4.43 Å². The summed E-state index contributed by atoms with van der Waals surface area (Å²) in [6, 6.07) is 0. The number of esters is 2. The van der Waals surface area contributed by atoms with Crippen molar-refractivity contribution in [1.82, 2.24) is 5.32 Å². The minimum Gasteiger partial charge on any atom is -0.468 e. The maximum Gasteiger partial charge on any atom is 0.332 e. The first-order chi connectivity index (χ1) is 7.10. The summed E-state index contributed by atoms with van der Waals surface area (Å²) in [5.74, 6) is -0.801. The second kappa shape index (κ2) is 8.51. The zero-order valence-electron chi connectivity index (χ0n) is 8.71. The molecule has 0 unspecified atom stereocenters. The van der Waals surface area contributed by atoms with Gasteiger partial charge in [0.1, 0.15) is 13.2 Å². The van der Waals surface area contributed by atoms with Crippen molar-refractivity contribution in [3.05, 3.63) is 11.8 Å². The quantitative estimate of drug-likeness (QED) is 0.336. The average Bonchev–Trinajstić information content (AvgIpc) is 2.22. The third kappa shape index (κ3) is 8.22. The summed E-state index contributed by atoms with van der Waals surface area (Å²) in [6.07, 6.45) is 1.30. The van der Waals surface area contributed by atoms with E-state index in [2.05, 4.69) is 32.6 Å². The topological polar surface area (TPSA) is 64.6 Å². The van der Waals surface area contributed by atoms with Crippen LogP contribution in [-0.2, 0) is 19.1 Å². The van der Waals surface area contributed by atoms with Crippen LogP contribution in [0.5, 0.6) is 0 Å². The van der Waals surface area contributed by atoms with Gasteiger partial charge in [0.25, 0.3) is 0 Å². The lowest BCUT2D eigenvalue weighted by Gasteiger charge is -2.04. The number of ether oxygens (including phenoxy) is 2. The van der Waals surface area contributed by atoms with Gasteiger partial charge < -0.3 is 14.8 Å². The lowest BCUT2D eigenvalue weighted by Crippen LogP contribution is -2.23. The van der Waals surface area contributed by atoms with Gasteiger partial charge >= 0.3 is 11.9 Å². The van der Waals surface area contributed by atoms with Crippen molar-refractivity contribution < 1.29 is 19.1 Å². The van der Waals surface area contributed by atoms with Gasteiger partial charge in [-0.2, -0.15) is 0 Å². The zero-order valence-corrected chi connectivity index (χ0v) is 10.9. The van der Waals surface area contributed by atoms with Crippen LogP contribution in [0.4, 0.5) is 0 Å². The summed E-state index contributed by atoms with van der Waals surface area (Å²) in [5.41, 5.74) is 0.568. The summed E-state index contributed by atoms with van der Waals surface area (Å²) >= 11 is 2.11. The molecule has 0 aliphatic heterocycles. The first kappa shape index (κ1) is 14.2. The second-order valence-electron chi connectivity index (χ2n) is 2.61. The van der Waals surface area contributed by atoms with Gasteiger partial charge in [0.15, 0.2) is 0 Å². The highest BCUT2D eigenvalue weighted by Gasteiger charge is 2.01. The van der Waals surface area contributed by atoms with Crippen molar-refractivity contribution in [3.63, 3.8) is 0 Å². The van der Waals surface area contributed by atoms with E-state index in [0.29, 0.717) is 12.3 Å². The van der Waals surface area contributed by atoms with Crippen LogP contribution in [-0.4, -0.2) is 36.6 Å². The molecule has 6 heteroatoms. The normalized spacial score (nSPS) is 10.7. The van der Waals surface area contributed by atoms with Crippen LogP contribution in [0.25, 0.3) is 0 Å². The number of hydrogen-bond acceptors (Lipinski definition) is 5. The molecule has 5 nitrogen and oxygen atoms in total. The first-order valence-electron chi connectivity index (χ1n) is 4.32. The molecule has 0 aromatic carbocycles. The number of carbonyl (C=O) groups is 2. The highest BCUT2D eigenvalue weighted by Crippen LogP contribution is 1.91. The van der Waals surface area contributed by atoms with E-state index in [1.54, 1.807) is 6.92 Å². The van der Waals surface area contributed by atoms with Crippen LogP contribution in [0.2, 0.25) is 0 Å². The first-order valence-corrected chi connectivity index (χ1v) is 5.84. The van der Waals surface area contributed by atoms with Gasteiger partial charge in [-0.3, -0.25) is 4.79 Å². The van der Waals surface area contributed by atoms with Crippen LogP contribution in [0.1, 0.15) is 6.92 Å². The van der Waals surface area contributed by atoms with E-state index >= 15 is 0 Å². The van der Waals surface area contributed by atoms with Crippen LogP contribution >= 0.6 is 22.6 Å². The van der Waals surface area contributed by atoms with E-state index in [1.165, 1.54) is 13.2 Å². The summed E-state index contributed by atoms with van der Waals surface area (Å²) in [5, 5.41) is 2.72. The Kier molecular flexibility index (Phi) is 8.06. The molecular weight excluding hydrogens is 313 g/mol. The standard InChI is InChI=1S/C9H14INO4/c1-7(11-6-9(13)14-2)5-8(12)15-4-3-10/h5,11H,3-4,6H2,1-2H3/b7-5+. The van der Waals surface area contributed by atoms with Gasteiger partial charge in [0, 0.05) is 16.2 Å². The molecular formula is C9H14INO4. The largest absolute Gasteiger partial charge is 0.468 e. The van der Waals surface area contributed by atoms with Crippen LogP contribution in [0, 0.1) is 0 Å². The number of rotatable bonds is 6. The lowest BCUT2D eigenvalue weighted by atomic mass is 10.4. The Labute approximate surface area is 102 Å². The molecule has 1 N–H and O–H groups in total. The van der Waals surface area contributed by atoms with Crippen molar-refractivity contribution in [1.29, 1.82) is 0 Å². The third-order valence-electron chi connectivity index (χ3n) is 1.40. The maximum atomic E-state index is 11.1. The summed E-state index contributed by atoms with van der Waals surface area (Å²) < 4.78 is 10.00. The Balaban J connectivity index is 3.86. The monoisotopic (exact) mass is 327 g/mol. The molecule has 0 rings (SSSR count). The SMILES string of the molecule is COC(=O)CN/C(C)=C/C(=O)OCCI. The zero-order chi connectivity index (χ0) is 11.7. The summed E-state index contributed by atoms with van der Waals surface area (Å²) in [4.78, 5) is 21.8. The molecule has 0 saturated heterocycles. The summed E-state index contributed by atoms with van der Waals surface area (Å²) in [7, 11) is 1.30. The molecule has 0 bridgehead atoms. The lowest BCUT2D eigenvalue weighted by molar-refractivity contribution is -0.140. The van der Waals surface area contributed by atoms with Gasteiger partial charge in [-0.1, -0.05) is 22.6 Å². The highest BCUT2D eigenvalue weighted by molar-refractivity contribution is 14.1. The average molecular weight is 327 g/mol. The smallest absolute Gasteiger partial charge is 0.332 e. The van der Waals surface area contributed by atoms with Crippen molar-refractivity contribution >= 4 is 34.5 Å². The predicted octanol–water partition coefficient (Wildman–Crippen LogP) is 0.631. The number of allylic oxidation sites excluding steroid dienone is 1. The minimum absolute atomic E-state index is 0.0401. The fourth-order valence-electron chi connectivity index (χ4n) is 0.692. The molecule has 0 saturated carbocycles. The molecule has 0 atom stereocenters. The van der Waals surface area contributed by atoms with Crippen molar-refractivity contribution in [2.24, 2.45) is 0 Å². The number of hydrogen-bond donors (Lipinski definition) is 1. The van der Waals surface area contributed by atoms with Gasteiger partial charge in [-0.15, -0.1) is 0 Å². The van der Waals surface area contributed by atoms with E-state index in [4.69, 9.17) is 4.74 Å². The molecule has 0 heterocycles. The van der Waals surface area contributed by atoms with E-state index in [9.17, 15) is 9.59 Å². The molecule has 0 fully saturated rings. The van der Waals surface area contributed by atoms with Gasteiger partial charge in [-0.25, -0.2) is 4.79 Å². The highest BCUT2D eigenvalue weighted by atomic mass is 127. The number of carbonyl (C=O) groups excluding carboxylic acids is 2. The van der Waals surface area contributed by atoms with Crippen LogP contribution < -0.4 is 5.32 Å². The molecule has 0 radical (unpaired) electrons. The Morgan fingerprint density at radius 2 is 2.13 bits per heavy atom. The second-order valence-corrected chi connectivity index (χ2v) is 3.69. The number of nitrogens with one attached hydrogen (secondary N) is 1. The number of halogens is 1.